The van der Waals surface area contributed by atoms with E-state index in [4.69, 9.17) is 0 Å². The van der Waals surface area contributed by atoms with Gasteiger partial charge in [-0.1, -0.05) is 27.7 Å². The third-order valence-electron chi connectivity index (χ3n) is 1.95. The summed E-state index contributed by atoms with van der Waals surface area (Å²) in [6.07, 6.45) is 0. The molecule has 0 spiro atoms. The molecular weight excluding hydrogens is 156 g/mol. The van der Waals surface area contributed by atoms with Crippen molar-refractivity contribution < 1.29 is 5.11 Å². The van der Waals surface area contributed by atoms with Crippen LogP contribution in [0.1, 0.15) is 34.6 Å². The lowest BCUT2D eigenvalue weighted by Gasteiger charge is -2.27. The van der Waals surface area contributed by atoms with Crippen molar-refractivity contribution in [3.63, 3.8) is 0 Å². The molecule has 0 aromatic rings. The van der Waals surface area contributed by atoms with Crippen LogP contribution in [0.4, 0.5) is 0 Å². The summed E-state index contributed by atoms with van der Waals surface area (Å²) in [5.41, 5.74) is -0.505. The van der Waals surface area contributed by atoms with Crippen molar-refractivity contribution in [1.29, 1.82) is 0 Å². The van der Waals surface area contributed by atoms with E-state index < -0.39 is 5.60 Å². The molecule has 0 aromatic carbocycles. The second-order valence-corrected chi connectivity index (χ2v) is 5.44. The summed E-state index contributed by atoms with van der Waals surface area (Å²) in [7, 11) is 0. The van der Waals surface area contributed by atoms with Crippen LogP contribution in [-0.2, 0) is 0 Å². The van der Waals surface area contributed by atoms with Gasteiger partial charge in [0.2, 0.25) is 0 Å². The maximum absolute atomic E-state index is 9.82. The maximum atomic E-state index is 9.82. The summed E-state index contributed by atoms with van der Waals surface area (Å²) in [5, 5.41) is 10.4. The van der Waals surface area contributed by atoms with E-state index in [1.54, 1.807) is 0 Å². The van der Waals surface area contributed by atoms with Gasteiger partial charge >= 0.3 is 0 Å². The summed E-state index contributed by atoms with van der Waals surface area (Å²) >= 11 is 1.82. The van der Waals surface area contributed by atoms with Crippen molar-refractivity contribution in [1.82, 2.24) is 0 Å². The van der Waals surface area contributed by atoms with Gasteiger partial charge in [-0.3, -0.25) is 0 Å². The van der Waals surface area contributed by atoms with E-state index in [0.29, 0.717) is 11.2 Å². The Labute approximate surface area is 74.6 Å². The lowest BCUT2D eigenvalue weighted by Crippen LogP contribution is -2.34. The molecule has 0 saturated heterocycles. The first-order chi connectivity index (χ1) is 4.86. The van der Waals surface area contributed by atoms with Gasteiger partial charge in [0.25, 0.3) is 0 Å². The molecule has 0 aliphatic rings. The third-order valence-corrected chi connectivity index (χ3v) is 3.37. The zero-order valence-corrected chi connectivity index (χ0v) is 9.03. The highest BCUT2D eigenvalue weighted by Gasteiger charge is 2.24. The van der Waals surface area contributed by atoms with Gasteiger partial charge in [0.15, 0.2) is 0 Å². The van der Waals surface area contributed by atoms with Gasteiger partial charge < -0.3 is 5.11 Å². The first kappa shape index (κ1) is 11.3. The molecule has 1 nitrogen and oxygen atoms in total. The first-order valence-corrected chi connectivity index (χ1v) is 5.25. The largest absolute Gasteiger partial charge is 0.389 e. The van der Waals surface area contributed by atoms with Crippen molar-refractivity contribution in [3.8, 4) is 0 Å². The lowest BCUT2D eigenvalue weighted by molar-refractivity contribution is 0.0376. The highest BCUT2D eigenvalue weighted by Crippen LogP contribution is 2.23. The van der Waals surface area contributed by atoms with Crippen LogP contribution < -0.4 is 0 Å². The fraction of sp³-hybridized carbons (Fsp3) is 1.00. The zero-order chi connectivity index (χ0) is 9.07. The van der Waals surface area contributed by atoms with Crippen molar-refractivity contribution in [2.24, 2.45) is 5.92 Å². The summed E-state index contributed by atoms with van der Waals surface area (Å²) in [6.45, 7) is 10.3. The van der Waals surface area contributed by atoms with Gasteiger partial charge in [0, 0.05) is 5.75 Å². The van der Waals surface area contributed by atoms with Crippen LogP contribution in [0, 0.1) is 5.92 Å². The van der Waals surface area contributed by atoms with Crippen LogP contribution in [0.3, 0.4) is 0 Å². The average Bonchev–Trinajstić information content (AvgIpc) is 1.84. The second-order valence-electron chi connectivity index (χ2n) is 3.87. The van der Waals surface area contributed by atoms with Crippen LogP contribution in [0.5, 0.6) is 0 Å². The van der Waals surface area contributed by atoms with E-state index >= 15 is 0 Å². The van der Waals surface area contributed by atoms with Crippen molar-refractivity contribution in [2.45, 2.75) is 45.5 Å². The molecule has 1 N–H and O–H groups in total. The molecule has 0 saturated carbocycles. The SMILES string of the molecule is CC(C)SCC(C)(O)C(C)C. The predicted molar refractivity (Wildman–Crippen MR) is 53.1 cm³/mol. The normalized spacial score (nSPS) is 17.5. The Kier molecular flexibility index (Phi) is 4.49. The Hall–Kier alpha value is 0.310. The standard InChI is InChI=1S/C9H20OS/c1-7(2)9(5,10)6-11-8(3)4/h7-8,10H,6H2,1-5H3. The van der Waals surface area contributed by atoms with Gasteiger partial charge in [-0.2, -0.15) is 11.8 Å². The average molecular weight is 176 g/mol. The number of hydrogen-bond donors (Lipinski definition) is 1. The molecule has 0 bridgehead atoms. The number of rotatable bonds is 4. The quantitative estimate of drug-likeness (QED) is 0.710. The maximum Gasteiger partial charge on any atom is 0.0732 e. The number of hydrogen-bond acceptors (Lipinski definition) is 2. The molecule has 0 fully saturated rings. The Morgan fingerprint density at radius 2 is 1.73 bits per heavy atom. The minimum atomic E-state index is -0.505. The van der Waals surface area contributed by atoms with E-state index in [2.05, 4.69) is 27.7 Å². The van der Waals surface area contributed by atoms with Gasteiger partial charge in [0.05, 0.1) is 5.60 Å². The van der Waals surface area contributed by atoms with Crippen molar-refractivity contribution in [3.05, 3.63) is 0 Å². The summed E-state index contributed by atoms with van der Waals surface area (Å²) in [4.78, 5) is 0. The Morgan fingerprint density at radius 3 is 2.00 bits per heavy atom. The molecule has 0 aliphatic heterocycles. The number of thioether (sulfide) groups is 1. The van der Waals surface area contributed by atoms with Gasteiger partial charge in [0.1, 0.15) is 0 Å². The van der Waals surface area contributed by atoms with E-state index in [9.17, 15) is 5.11 Å². The Balaban J connectivity index is 3.73. The van der Waals surface area contributed by atoms with Crippen LogP contribution in [-0.4, -0.2) is 21.7 Å². The predicted octanol–water partition coefficient (Wildman–Crippen LogP) is 2.54. The van der Waals surface area contributed by atoms with Gasteiger partial charge in [-0.05, 0) is 18.1 Å². The fourth-order valence-electron chi connectivity index (χ4n) is 0.502. The second kappa shape index (κ2) is 4.36. The molecule has 0 aliphatic carbocycles. The highest BCUT2D eigenvalue weighted by atomic mass is 32.2. The molecule has 2 heteroatoms. The molecular formula is C9H20OS. The molecule has 0 amide bonds. The zero-order valence-electron chi connectivity index (χ0n) is 8.22. The topological polar surface area (TPSA) is 20.2 Å². The Bertz CT molecular complexity index is 108. The smallest absolute Gasteiger partial charge is 0.0732 e. The Morgan fingerprint density at radius 1 is 1.27 bits per heavy atom. The van der Waals surface area contributed by atoms with E-state index in [-0.39, 0.29) is 0 Å². The van der Waals surface area contributed by atoms with E-state index in [1.807, 2.05) is 18.7 Å². The fourth-order valence-corrected chi connectivity index (χ4v) is 1.51. The highest BCUT2D eigenvalue weighted by molar-refractivity contribution is 7.99. The van der Waals surface area contributed by atoms with Crippen LogP contribution >= 0.6 is 11.8 Å². The van der Waals surface area contributed by atoms with Crippen molar-refractivity contribution in [2.75, 3.05) is 5.75 Å². The molecule has 0 radical (unpaired) electrons. The summed E-state index contributed by atoms with van der Waals surface area (Å²) in [6, 6.07) is 0. The minimum absolute atomic E-state index is 0.341. The molecule has 1 unspecified atom stereocenters. The van der Waals surface area contributed by atoms with Crippen LogP contribution in [0.15, 0.2) is 0 Å². The van der Waals surface area contributed by atoms with Crippen LogP contribution in [0.2, 0.25) is 0 Å². The van der Waals surface area contributed by atoms with E-state index in [1.165, 1.54) is 0 Å². The lowest BCUT2D eigenvalue weighted by atomic mass is 9.95. The summed E-state index contributed by atoms with van der Waals surface area (Å²) < 4.78 is 0. The van der Waals surface area contributed by atoms with Crippen molar-refractivity contribution >= 4 is 11.8 Å². The van der Waals surface area contributed by atoms with Crippen LogP contribution in [0.25, 0.3) is 0 Å². The summed E-state index contributed by atoms with van der Waals surface area (Å²) in [5.74, 6) is 1.18. The van der Waals surface area contributed by atoms with Gasteiger partial charge in [-0.15, -0.1) is 0 Å². The van der Waals surface area contributed by atoms with Gasteiger partial charge in [-0.25, -0.2) is 0 Å². The molecule has 68 valence electrons. The number of aliphatic hydroxyl groups is 1. The third kappa shape index (κ3) is 4.70. The first-order valence-electron chi connectivity index (χ1n) is 4.20. The minimum Gasteiger partial charge on any atom is -0.389 e. The molecule has 1 atom stereocenters. The monoisotopic (exact) mass is 176 g/mol. The molecule has 11 heavy (non-hydrogen) atoms. The van der Waals surface area contributed by atoms with E-state index in [0.717, 1.165) is 5.75 Å². The molecule has 0 heterocycles. The molecule has 0 rings (SSSR count). The molecule has 0 aromatic heterocycles.